The summed E-state index contributed by atoms with van der Waals surface area (Å²) in [7, 11) is 3.29. The van der Waals surface area contributed by atoms with Crippen LogP contribution in [0.2, 0.25) is 0 Å². The molecule has 5 rings (SSSR count). The number of nitrogens with zero attached hydrogens (tertiary/aromatic N) is 3. The van der Waals surface area contributed by atoms with Crippen LogP contribution in [0.15, 0.2) is 36.5 Å². The molecule has 1 aliphatic carbocycles. The van der Waals surface area contributed by atoms with E-state index in [4.69, 9.17) is 9.47 Å². The molecule has 2 aromatic rings. The zero-order valence-corrected chi connectivity index (χ0v) is 19.2. The molecular formula is C25H31FN4O3. The first kappa shape index (κ1) is 22.1. The Morgan fingerprint density at radius 1 is 1.12 bits per heavy atom. The Hall–Kier alpha value is -2.71. The third-order valence-electron chi connectivity index (χ3n) is 7.23. The summed E-state index contributed by atoms with van der Waals surface area (Å²) in [5, 5.41) is 3.41. The Morgan fingerprint density at radius 2 is 1.94 bits per heavy atom. The zero-order valence-electron chi connectivity index (χ0n) is 19.2. The molecule has 0 spiro atoms. The lowest BCUT2D eigenvalue weighted by atomic mass is 9.86. The van der Waals surface area contributed by atoms with Crippen molar-refractivity contribution in [3.63, 3.8) is 0 Å². The van der Waals surface area contributed by atoms with Gasteiger partial charge in [0.25, 0.3) is 0 Å². The number of alkyl halides is 1. The number of pyridine rings is 1. The number of hydrogen-bond acceptors (Lipinski definition) is 6. The highest BCUT2D eigenvalue weighted by molar-refractivity contribution is 6.00. The van der Waals surface area contributed by atoms with Crippen molar-refractivity contribution >= 4 is 28.8 Å². The summed E-state index contributed by atoms with van der Waals surface area (Å²) in [6.07, 6.45) is 3.95. The number of aromatic nitrogens is 1. The summed E-state index contributed by atoms with van der Waals surface area (Å²) in [4.78, 5) is 22.2. The summed E-state index contributed by atoms with van der Waals surface area (Å²) in [5.74, 6) is 0.848. The van der Waals surface area contributed by atoms with Crippen LogP contribution in [0.3, 0.4) is 0 Å². The second-order valence-corrected chi connectivity index (χ2v) is 9.17. The van der Waals surface area contributed by atoms with Crippen molar-refractivity contribution in [1.82, 2.24) is 4.98 Å². The largest absolute Gasteiger partial charge is 0.381 e. The van der Waals surface area contributed by atoms with Crippen LogP contribution in [0.4, 0.5) is 27.3 Å². The smallest absolute Gasteiger partial charge is 0.230 e. The lowest BCUT2D eigenvalue weighted by molar-refractivity contribution is -0.124. The van der Waals surface area contributed by atoms with Gasteiger partial charge in [-0.15, -0.1) is 0 Å². The molecule has 2 unspecified atom stereocenters. The van der Waals surface area contributed by atoms with Crippen LogP contribution in [0.25, 0.3) is 0 Å². The number of nitrogens with one attached hydrogen (secondary N) is 1. The summed E-state index contributed by atoms with van der Waals surface area (Å²) in [5.41, 5.74) is 3.49. The van der Waals surface area contributed by atoms with Crippen molar-refractivity contribution in [3.8, 4) is 0 Å². The average Bonchev–Trinajstić information content (AvgIpc) is 3.15. The molecule has 2 fully saturated rings. The third kappa shape index (κ3) is 4.29. The number of carbonyl (C=O) groups is 1. The first-order valence-electron chi connectivity index (χ1n) is 11.7. The molecule has 7 nitrogen and oxygen atoms in total. The van der Waals surface area contributed by atoms with Gasteiger partial charge in [-0.3, -0.25) is 4.79 Å². The number of methoxy groups -OCH3 is 2. The molecule has 1 aromatic carbocycles. The van der Waals surface area contributed by atoms with E-state index in [0.717, 1.165) is 54.1 Å². The molecule has 0 bridgehead atoms. The van der Waals surface area contributed by atoms with Gasteiger partial charge in [-0.2, -0.15) is 0 Å². The highest BCUT2D eigenvalue weighted by Gasteiger charge is 2.35. The molecule has 2 atom stereocenters. The Bertz CT molecular complexity index is 1010. The van der Waals surface area contributed by atoms with Gasteiger partial charge in [-0.25, -0.2) is 9.37 Å². The SMILES string of the molecule is COC1CN(c2ccc3c(c2)N(C(=O)[C@H]2CC[C@H](OC)CC2)Cc2cccnc2N3)CC1F. The van der Waals surface area contributed by atoms with Gasteiger partial charge in [0.1, 0.15) is 18.1 Å². The number of carbonyl (C=O) groups excluding carboxylic acids is 1. The molecule has 33 heavy (non-hydrogen) atoms. The Morgan fingerprint density at radius 3 is 2.67 bits per heavy atom. The molecule has 1 amide bonds. The van der Waals surface area contributed by atoms with Gasteiger partial charge in [-0.1, -0.05) is 6.07 Å². The van der Waals surface area contributed by atoms with E-state index < -0.39 is 12.3 Å². The molecule has 176 valence electrons. The molecular weight excluding hydrogens is 423 g/mol. The summed E-state index contributed by atoms with van der Waals surface area (Å²) < 4.78 is 25.1. The molecule has 1 saturated carbocycles. The van der Waals surface area contributed by atoms with Crippen LogP contribution in [0.5, 0.6) is 0 Å². The van der Waals surface area contributed by atoms with Crippen molar-refractivity contribution in [2.75, 3.05) is 42.4 Å². The molecule has 1 N–H and O–H groups in total. The van der Waals surface area contributed by atoms with Gasteiger partial charge in [0.05, 0.1) is 30.6 Å². The van der Waals surface area contributed by atoms with Crippen molar-refractivity contribution < 1.29 is 18.7 Å². The predicted octanol–water partition coefficient (Wildman–Crippen LogP) is 4.05. The maximum Gasteiger partial charge on any atom is 0.230 e. The number of fused-ring (bicyclic) bond motifs is 2. The third-order valence-corrected chi connectivity index (χ3v) is 7.23. The fraction of sp³-hybridized carbons (Fsp3) is 0.520. The van der Waals surface area contributed by atoms with E-state index in [1.165, 1.54) is 0 Å². The number of benzene rings is 1. The van der Waals surface area contributed by atoms with Crippen LogP contribution in [0.1, 0.15) is 31.2 Å². The van der Waals surface area contributed by atoms with Crippen LogP contribution >= 0.6 is 0 Å². The second-order valence-electron chi connectivity index (χ2n) is 9.17. The predicted molar refractivity (Wildman–Crippen MR) is 126 cm³/mol. The second kappa shape index (κ2) is 9.27. The van der Waals surface area contributed by atoms with E-state index in [-0.39, 0.29) is 24.5 Å². The monoisotopic (exact) mass is 454 g/mol. The highest BCUT2D eigenvalue weighted by Crippen LogP contribution is 2.40. The van der Waals surface area contributed by atoms with Crippen LogP contribution < -0.4 is 15.1 Å². The molecule has 8 heteroatoms. The van der Waals surface area contributed by atoms with Gasteiger partial charge >= 0.3 is 0 Å². The Balaban J connectivity index is 1.48. The van der Waals surface area contributed by atoms with Crippen molar-refractivity contribution in [1.29, 1.82) is 0 Å². The van der Waals surface area contributed by atoms with Crippen molar-refractivity contribution in [3.05, 3.63) is 42.1 Å². The van der Waals surface area contributed by atoms with E-state index in [1.807, 2.05) is 40.1 Å². The average molecular weight is 455 g/mol. The van der Waals surface area contributed by atoms with E-state index in [1.54, 1.807) is 20.4 Å². The van der Waals surface area contributed by atoms with Gasteiger partial charge in [0.15, 0.2) is 0 Å². The van der Waals surface area contributed by atoms with E-state index in [2.05, 4.69) is 10.3 Å². The number of anilines is 4. The first-order chi connectivity index (χ1) is 16.1. The normalized spacial score (nSPS) is 26.9. The van der Waals surface area contributed by atoms with Crippen LogP contribution in [-0.4, -0.2) is 56.6 Å². The maximum absolute atomic E-state index is 14.4. The number of halogens is 1. The minimum Gasteiger partial charge on any atom is -0.381 e. The lowest BCUT2D eigenvalue weighted by Crippen LogP contribution is -2.38. The lowest BCUT2D eigenvalue weighted by Gasteiger charge is -2.32. The number of hydrogen-bond donors (Lipinski definition) is 1. The topological polar surface area (TPSA) is 66.9 Å². The maximum atomic E-state index is 14.4. The van der Waals surface area contributed by atoms with E-state index >= 15 is 0 Å². The van der Waals surface area contributed by atoms with Crippen LogP contribution in [-0.2, 0) is 20.8 Å². The Labute approximate surface area is 193 Å². The van der Waals surface area contributed by atoms with E-state index in [9.17, 15) is 9.18 Å². The molecule has 3 heterocycles. The summed E-state index contributed by atoms with van der Waals surface area (Å²) >= 11 is 0. The molecule has 0 radical (unpaired) electrons. The highest BCUT2D eigenvalue weighted by atomic mass is 19.1. The van der Waals surface area contributed by atoms with Gasteiger partial charge < -0.3 is 24.6 Å². The molecule has 2 aliphatic heterocycles. The van der Waals surface area contributed by atoms with Crippen LogP contribution in [0, 0.1) is 5.92 Å². The fourth-order valence-electron chi connectivity index (χ4n) is 5.24. The minimum absolute atomic E-state index is 0.0361. The molecule has 1 saturated heterocycles. The number of ether oxygens (including phenoxy) is 2. The fourth-order valence-corrected chi connectivity index (χ4v) is 5.24. The number of rotatable bonds is 4. The zero-order chi connectivity index (χ0) is 22.9. The van der Waals surface area contributed by atoms with Gasteiger partial charge in [0, 0.05) is 44.1 Å². The summed E-state index contributed by atoms with van der Waals surface area (Å²) in [6, 6.07) is 9.82. The molecule has 3 aliphatic rings. The summed E-state index contributed by atoms with van der Waals surface area (Å²) in [6.45, 7) is 1.21. The van der Waals surface area contributed by atoms with Gasteiger partial charge in [0.2, 0.25) is 5.91 Å². The minimum atomic E-state index is -1.03. The standard InChI is InChI=1S/C25H31FN4O3/c1-32-19-8-5-16(6-9-19)25(31)30-13-17-4-3-11-27-24(17)28-21-10-7-18(12-22(21)30)29-14-20(26)23(15-29)33-2/h3-4,7,10-12,16,19-20,23H,5-6,8-9,13-15H2,1-2H3,(H,27,28)/t16-,19-,20?,23?. The number of amides is 1. The van der Waals surface area contributed by atoms with E-state index in [0.29, 0.717) is 13.1 Å². The first-order valence-corrected chi connectivity index (χ1v) is 11.7. The van der Waals surface area contributed by atoms with Crippen molar-refractivity contribution in [2.24, 2.45) is 5.92 Å². The quantitative estimate of drug-likeness (QED) is 0.752. The van der Waals surface area contributed by atoms with Crippen molar-refractivity contribution in [2.45, 2.75) is 50.6 Å². The molecule has 1 aromatic heterocycles. The Kier molecular flexibility index (Phi) is 6.21. The van der Waals surface area contributed by atoms with Gasteiger partial charge in [-0.05, 0) is 49.9 Å².